The Balaban J connectivity index is 1.96. The van der Waals surface area contributed by atoms with Crippen LogP contribution in [0, 0.1) is 5.92 Å². The van der Waals surface area contributed by atoms with E-state index in [2.05, 4.69) is 19.2 Å². The lowest BCUT2D eigenvalue weighted by Gasteiger charge is -2.27. The minimum absolute atomic E-state index is 0.0750. The number of amides is 2. The maximum atomic E-state index is 12.4. The minimum Gasteiger partial charge on any atom is -0.492 e. The van der Waals surface area contributed by atoms with Crippen molar-refractivity contribution in [3.05, 3.63) is 36.4 Å². The Bertz CT molecular complexity index is 596. The molecule has 0 saturated carbocycles. The Hall–Kier alpha value is -2.30. The number of nitrogens with zero attached hydrogens (tertiary/aromatic N) is 1. The van der Waals surface area contributed by atoms with E-state index in [-0.39, 0.29) is 24.3 Å². The largest absolute Gasteiger partial charge is 0.492 e. The molecular formula is C18H24N2O3. The average Bonchev–Trinajstić information content (AvgIpc) is 2.99. The van der Waals surface area contributed by atoms with Crippen LogP contribution < -0.4 is 10.1 Å². The average molecular weight is 316 g/mol. The predicted octanol–water partition coefficient (Wildman–Crippen LogP) is 2.84. The van der Waals surface area contributed by atoms with Gasteiger partial charge in [0.05, 0.1) is 18.3 Å². The standard InChI is InChI=1S/C18H24N2O3/c1-4-23-16-10-6-5-8-14(16)19-17(21)12-18(22)20-11-7-9-15(20)13(2)3/h5-10,13,15H,4,11-12H2,1-3H3,(H,19,21)/t15-/m0/s1. The highest BCUT2D eigenvalue weighted by molar-refractivity contribution is 6.04. The maximum absolute atomic E-state index is 12.4. The molecule has 0 fully saturated rings. The summed E-state index contributed by atoms with van der Waals surface area (Å²) in [7, 11) is 0. The molecule has 0 bridgehead atoms. The van der Waals surface area contributed by atoms with Crippen molar-refractivity contribution in [1.29, 1.82) is 0 Å². The van der Waals surface area contributed by atoms with Crippen molar-refractivity contribution in [1.82, 2.24) is 4.90 Å². The van der Waals surface area contributed by atoms with Gasteiger partial charge in [0.1, 0.15) is 12.2 Å². The van der Waals surface area contributed by atoms with Crippen LogP contribution in [0.3, 0.4) is 0 Å². The third kappa shape index (κ3) is 4.34. The fraction of sp³-hybridized carbons (Fsp3) is 0.444. The summed E-state index contributed by atoms with van der Waals surface area (Å²) < 4.78 is 5.47. The summed E-state index contributed by atoms with van der Waals surface area (Å²) in [6.07, 6.45) is 3.85. The van der Waals surface area contributed by atoms with Gasteiger partial charge in [-0.05, 0) is 25.0 Å². The molecule has 1 aliphatic rings. The van der Waals surface area contributed by atoms with Crippen LogP contribution in [0.5, 0.6) is 5.75 Å². The predicted molar refractivity (Wildman–Crippen MR) is 90.3 cm³/mol. The van der Waals surface area contributed by atoms with Crippen molar-refractivity contribution >= 4 is 17.5 Å². The van der Waals surface area contributed by atoms with Gasteiger partial charge in [0.2, 0.25) is 11.8 Å². The summed E-state index contributed by atoms with van der Waals surface area (Å²) in [5.41, 5.74) is 0.590. The summed E-state index contributed by atoms with van der Waals surface area (Å²) in [5.74, 6) is 0.467. The van der Waals surface area contributed by atoms with E-state index in [0.717, 1.165) is 0 Å². The van der Waals surface area contributed by atoms with E-state index in [0.29, 0.717) is 30.5 Å². The number of carbonyl (C=O) groups is 2. The molecule has 2 rings (SSSR count). The van der Waals surface area contributed by atoms with E-state index in [1.807, 2.05) is 31.2 Å². The molecule has 1 aliphatic heterocycles. The molecule has 0 radical (unpaired) electrons. The molecule has 1 aromatic carbocycles. The van der Waals surface area contributed by atoms with Gasteiger partial charge in [-0.15, -0.1) is 0 Å². The summed E-state index contributed by atoms with van der Waals surface area (Å²) in [6.45, 7) is 7.11. The molecule has 2 amide bonds. The van der Waals surface area contributed by atoms with Gasteiger partial charge < -0.3 is 15.0 Å². The monoisotopic (exact) mass is 316 g/mol. The number of nitrogens with one attached hydrogen (secondary N) is 1. The van der Waals surface area contributed by atoms with E-state index in [9.17, 15) is 9.59 Å². The number of carbonyl (C=O) groups excluding carboxylic acids is 2. The van der Waals surface area contributed by atoms with Crippen LogP contribution in [-0.2, 0) is 9.59 Å². The van der Waals surface area contributed by atoms with Crippen molar-refractivity contribution in [2.24, 2.45) is 5.92 Å². The molecule has 23 heavy (non-hydrogen) atoms. The normalized spacial score (nSPS) is 16.7. The van der Waals surface area contributed by atoms with Gasteiger partial charge in [0.15, 0.2) is 0 Å². The second-order valence-corrected chi connectivity index (χ2v) is 5.86. The molecule has 0 aromatic heterocycles. The van der Waals surface area contributed by atoms with E-state index < -0.39 is 0 Å². The van der Waals surface area contributed by atoms with Crippen LogP contribution in [0.15, 0.2) is 36.4 Å². The zero-order chi connectivity index (χ0) is 16.8. The lowest BCUT2D eigenvalue weighted by atomic mass is 10.0. The number of hydrogen-bond acceptors (Lipinski definition) is 3. The molecule has 5 heteroatoms. The van der Waals surface area contributed by atoms with Gasteiger partial charge in [0.25, 0.3) is 0 Å². The first-order chi connectivity index (χ1) is 11.0. The van der Waals surface area contributed by atoms with Crippen LogP contribution in [0.1, 0.15) is 27.2 Å². The molecule has 0 saturated heterocycles. The highest BCUT2D eigenvalue weighted by Crippen LogP contribution is 2.24. The summed E-state index contributed by atoms with van der Waals surface area (Å²) in [4.78, 5) is 26.3. The highest BCUT2D eigenvalue weighted by atomic mass is 16.5. The van der Waals surface area contributed by atoms with Crippen molar-refractivity contribution in [3.63, 3.8) is 0 Å². The van der Waals surface area contributed by atoms with Crippen LogP contribution >= 0.6 is 0 Å². The molecule has 1 N–H and O–H groups in total. The first-order valence-electron chi connectivity index (χ1n) is 8.00. The lowest BCUT2D eigenvalue weighted by molar-refractivity contribution is -0.135. The Morgan fingerprint density at radius 3 is 2.78 bits per heavy atom. The summed E-state index contributed by atoms with van der Waals surface area (Å²) >= 11 is 0. The third-order valence-corrected chi connectivity index (χ3v) is 3.77. The number of benzene rings is 1. The van der Waals surface area contributed by atoms with Crippen molar-refractivity contribution in [2.75, 3.05) is 18.5 Å². The van der Waals surface area contributed by atoms with Gasteiger partial charge in [-0.1, -0.05) is 38.1 Å². The van der Waals surface area contributed by atoms with E-state index in [1.165, 1.54) is 0 Å². The first kappa shape index (κ1) is 17.1. The first-order valence-corrected chi connectivity index (χ1v) is 8.00. The van der Waals surface area contributed by atoms with Gasteiger partial charge in [-0.25, -0.2) is 0 Å². The Labute approximate surface area is 137 Å². The fourth-order valence-electron chi connectivity index (χ4n) is 2.67. The van der Waals surface area contributed by atoms with Gasteiger partial charge in [-0.2, -0.15) is 0 Å². The Morgan fingerprint density at radius 1 is 1.35 bits per heavy atom. The highest BCUT2D eigenvalue weighted by Gasteiger charge is 2.28. The quantitative estimate of drug-likeness (QED) is 0.648. The minimum atomic E-state index is -0.323. The van der Waals surface area contributed by atoms with E-state index in [1.54, 1.807) is 17.0 Å². The molecule has 1 atom stereocenters. The molecule has 0 aliphatic carbocycles. The number of hydrogen-bond donors (Lipinski definition) is 1. The fourth-order valence-corrected chi connectivity index (χ4v) is 2.67. The van der Waals surface area contributed by atoms with Crippen molar-refractivity contribution in [3.8, 4) is 5.75 Å². The smallest absolute Gasteiger partial charge is 0.233 e. The molecule has 1 heterocycles. The van der Waals surface area contributed by atoms with E-state index in [4.69, 9.17) is 4.74 Å². The Kier molecular flexibility index (Phi) is 5.79. The molecule has 0 spiro atoms. The van der Waals surface area contributed by atoms with Crippen molar-refractivity contribution in [2.45, 2.75) is 33.2 Å². The third-order valence-electron chi connectivity index (χ3n) is 3.77. The van der Waals surface area contributed by atoms with E-state index >= 15 is 0 Å². The molecule has 124 valence electrons. The molecule has 5 nitrogen and oxygen atoms in total. The molecule has 1 aromatic rings. The van der Waals surface area contributed by atoms with Crippen LogP contribution in [0.4, 0.5) is 5.69 Å². The van der Waals surface area contributed by atoms with Crippen LogP contribution in [0.25, 0.3) is 0 Å². The molecule has 0 unspecified atom stereocenters. The number of anilines is 1. The second-order valence-electron chi connectivity index (χ2n) is 5.86. The zero-order valence-electron chi connectivity index (χ0n) is 13.9. The lowest BCUT2D eigenvalue weighted by Crippen LogP contribution is -2.40. The summed E-state index contributed by atoms with van der Waals surface area (Å²) in [6, 6.07) is 7.29. The van der Waals surface area contributed by atoms with Gasteiger partial charge in [0, 0.05) is 6.54 Å². The van der Waals surface area contributed by atoms with Crippen LogP contribution in [0.2, 0.25) is 0 Å². The topological polar surface area (TPSA) is 58.6 Å². The molecular weight excluding hydrogens is 292 g/mol. The number of para-hydroxylation sites is 2. The van der Waals surface area contributed by atoms with Gasteiger partial charge >= 0.3 is 0 Å². The SMILES string of the molecule is CCOc1ccccc1NC(=O)CC(=O)N1CC=C[C@H]1C(C)C. The van der Waals surface area contributed by atoms with Gasteiger partial charge in [-0.3, -0.25) is 9.59 Å². The number of ether oxygens (including phenoxy) is 1. The second kappa shape index (κ2) is 7.81. The van der Waals surface area contributed by atoms with Crippen LogP contribution in [-0.4, -0.2) is 35.9 Å². The Morgan fingerprint density at radius 2 is 2.09 bits per heavy atom. The van der Waals surface area contributed by atoms with Crippen molar-refractivity contribution < 1.29 is 14.3 Å². The zero-order valence-corrected chi connectivity index (χ0v) is 13.9. The maximum Gasteiger partial charge on any atom is 0.233 e. The number of rotatable bonds is 6. The summed E-state index contributed by atoms with van der Waals surface area (Å²) in [5, 5.41) is 2.76.